The molecule has 1 aliphatic heterocycles. The number of rotatable bonds is 10. The van der Waals surface area contributed by atoms with Gasteiger partial charge < -0.3 is 25.2 Å². The summed E-state index contributed by atoms with van der Waals surface area (Å²) in [4.78, 5) is 26.7. The Hall–Kier alpha value is -3.06. The van der Waals surface area contributed by atoms with Gasteiger partial charge in [0.05, 0.1) is 25.2 Å². The fourth-order valence-corrected chi connectivity index (χ4v) is 4.54. The molecule has 2 aromatic rings. The van der Waals surface area contributed by atoms with Crippen molar-refractivity contribution >= 4 is 17.6 Å². The van der Waals surface area contributed by atoms with Gasteiger partial charge in [-0.2, -0.15) is 0 Å². The SMILES string of the molecule is CCOc1cc(CC(=O)N[C@@H](CC(C)C)c2ccccc2N2CCC[C@H](O)C2)ccc1C(=O)O. The predicted molar refractivity (Wildman–Crippen MR) is 133 cm³/mol. The Balaban J connectivity index is 1.81. The second kappa shape index (κ2) is 11.9. The Morgan fingerprint density at radius 2 is 1.97 bits per heavy atom. The van der Waals surface area contributed by atoms with Gasteiger partial charge in [0.2, 0.25) is 5.91 Å². The van der Waals surface area contributed by atoms with E-state index in [1.165, 1.54) is 6.07 Å². The van der Waals surface area contributed by atoms with E-state index in [2.05, 4.69) is 36.2 Å². The number of nitrogens with one attached hydrogen (secondary N) is 1. The Morgan fingerprint density at radius 1 is 1.21 bits per heavy atom. The number of carboxylic acid groups (broad SMARTS) is 1. The number of anilines is 1. The van der Waals surface area contributed by atoms with Gasteiger partial charge in [-0.25, -0.2) is 4.79 Å². The highest BCUT2D eigenvalue weighted by atomic mass is 16.5. The molecule has 1 fully saturated rings. The Labute approximate surface area is 201 Å². The molecule has 1 heterocycles. The van der Waals surface area contributed by atoms with Gasteiger partial charge in [0.1, 0.15) is 11.3 Å². The molecule has 1 aliphatic rings. The summed E-state index contributed by atoms with van der Waals surface area (Å²) < 4.78 is 5.48. The van der Waals surface area contributed by atoms with Crippen molar-refractivity contribution < 1.29 is 24.5 Å². The minimum absolute atomic E-state index is 0.0846. The van der Waals surface area contributed by atoms with Crippen LogP contribution in [0.15, 0.2) is 42.5 Å². The van der Waals surface area contributed by atoms with Gasteiger partial charge in [-0.1, -0.05) is 38.1 Å². The van der Waals surface area contributed by atoms with Crippen LogP contribution in [0.5, 0.6) is 5.75 Å². The number of aliphatic hydroxyl groups excluding tert-OH is 1. The number of carbonyl (C=O) groups excluding carboxylic acids is 1. The van der Waals surface area contributed by atoms with Crippen molar-refractivity contribution in [2.45, 2.75) is 58.6 Å². The van der Waals surface area contributed by atoms with Crippen LogP contribution in [0.25, 0.3) is 0 Å². The first-order valence-electron chi connectivity index (χ1n) is 12.1. The molecule has 0 unspecified atom stereocenters. The van der Waals surface area contributed by atoms with Gasteiger partial charge in [-0.3, -0.25) is 4.79 Å². The molecule has 3 N–H and O–H groups in total. The number of para-hydroxylation sites is 1. The molecule has 0 spiro atoms. The van der Waals surface area contributed by atoms with E-state index in [1.54, 1.807) is 19.1 Å². The largest absolute Gasteiger partial charge is 0.493 e. The highest BCUT2D eigenvalue weighted by Gasteiger charge is 2.25. The lowest BCUT2D eigenvalue weighted by atomic mass is 9.94. The molecule has 0 aliphatic carbocycles. The zero-order chi connectivity index (χ0) is 24.7. The summed E-state index contributed by atoms with van der Waals surface area (Å²) >= 11 is 0. The van der Waals surface area contributed by atoms with Crippen LogP contribution >= 0.6 is 0 Å². The summed E-state index contributed by atoms with van der Waals surface area (Å²) in [6.07, 6.45) is 2.31. The van der Waals surface area contributed by atoms with E-state index in [0.29, 0.717) is 24.6 Å². The van der Waals surface area contributed by atoms with E-state index in [1.807, 2.05) is 12.1 Å². The number of amides is 1. The van der Waals surface area contributed by atoms with Crippen molar-refractivity contribution in [1.29, 1.82) is 0 Å². The van der Waals surface area contributed by atoms with Crippen LogP contribution in [0.1, 0.15) is 67.6 Å². The van der Waals surface area contributed by atoms with Gasteiger partial charge in [0, 0.05) is 18.8 Å². The van der Waals surface area contributed by atoms with E-state index in [-0.39, 0.29) is 35.8 Å². The second-order valence-corrected chi connectivity index (χ2v) is 9.30. The third-order valence-electron chi connectivity index (χ3n) is 6.03. The van der Waals surface area contributed by atoms with Gasteiger partial charge in [0.15, 0.2) is 0 Å². The quantitative estimate of drug-likeness (QED) is 0.484. The second-order valence-electron chi connectivity index (χ2n) is 9.30. The molecule has 2 atom stereocenters. The van der Waals surface area contributed by atoms with Crippen LogP contribution in [-0.2, 0) is 11.2 Å². The molecule has 184 valence electrons. The number of nitrogens with zero attached hydrogens (tertiary/aromatic N) is 1. The number of β-amino-alcohol motifs (C(OH)–C–C–N with tert-alkyl or cyclic N) is 1. The molecular formula is C27H36N2O5. The normalized spacial score (nSPS) is 16.9. The fourth-order valence-electron chi connectivity index (χ4n) is 4.54. The monoisotopic (exact) mass is 468 g/mol. The maximum atomic E-state index is 13.1. The van der Waals surface area contributed by atoms with Crippen LogP contribution in [0, 0.1) is 5.92 Å². The highest BCUT2D eigenvalue weighted by molar-refractivity contribution is 5.91. The van der Waals surface area contributed by atoms with Crippen LogP contribution in [0.2, 0.25) is 0 Å². The van der Waals surface area contributed by atoms with Crippen molar-refractivity contribution in [3.05, 3.63) is 59.2 Å². The zero-order valence-corrected chi connectivity index (χ0v) is 20.3. The van der Waals surface area contributed by atoms with Crippen molar-refractivity contribution in [3.8, 4) is 5.75 Å². The van der Waals surface area contributed by atoms with E-state index in [0.717, 1.165) is 37.1 Å². The average Bonchev–Trinajstić information content (AvgIpc) is 2.78. The Morgan fingerprint density at radius 3 is 2.65 bits per heavy atom. The lowest BCUT2D eigenvalue weighted by Gasteiger charge is -2.35. The molecule has 0 saturated carbocycles. The average molecular weight is 469 g/mol. The molecule has 0 bridgehead atoms. The standard InChI is InChI=1S/C27H36N2O5/c1-4-34-25-15-19(11-12-22(25)27(32)33)16-26(31)28-23(14-18(2)3)21-9-5-6-10-24(21)29-13-7-8-20(30)17-29/h5-6,9-12,15,18,20,23,30H,4,7-8,13-14,16-17H2,1-3H3,(H,28,31)(H,32,33)/t20-,23-/m0/s1. The maximum absolute atomic E-state index is 13.1. The van der Waals surface area contributed by atoms with Gasteiger partial charge >= 0.3 is 5.97 Å². The van der Waals surface area contributed by atoms with Crippen LogP contribution in [0.3, 0.4) is 0 Å². The van der Waals surface area contributed by atoms with Crippen molar-refractivity contribution in [2.75, 3.05) is 24.6 Å². The minimum atomic E-state index is -1.06. The minimum Gasteiger partial charge on any atom is -0.493 e. The zero-order valence-electron chi connectivity index (χ0n) is 20.3. The first kappa shape index (κ1) is 25.6. The smallest absolute Gasteiger partial charge is 0.339 e. The van der Waals surface area contributed by atoms with E-state index in [9.17, 15) is 19.8 Å². The van der Waals surface area contributed by atoms with Gasteiger partial charge in [0.25, 0.3) is 0 Å². The molecular weight excluding hydrogens is 432 g/mol. The van der Waals surface area contributed by atoms with Crippen LogP contribution in [0.4, 0.5) is 5.69 Å². The summed E-state index contributed by atoms with van der Waals surface area (Å²) in [5, 5.41) is 22.8. The molecule has 34 heavy (non-hydrogen) atoms. The molecule has 1 amide bonds. The topological polar surface area (TPSA) is 99.1 Å². The molecule has 0 radical (unpaired) electrons. The molecule has 2 aromatic carbocycles. The third kappa shape index (κ3) is 6.73. The van der Waals surface area contributed by atoms with Gasteiger partial charge in [-0.05, 0) is 61.4 Å². The highest BCUT2D eigenvalue weighted by Crippen LogP contribution is 2.32. The summed E-state index contributed by atoms with van der Waals surface area (Å²) in [7, 11) is 0. The predicted octanol–water partition coefficient (Wildman–Crippen LogP) is 4.19. The maximum Gasteiger partial charge on any atom is 0.339 e. The van der Waals surface area contributed by atoms with E-state index >= 15 is 0 Å². The number of carbonyl (C=O) groups is 2. The van der Waals surface area contributed by atoms with Crippen molar-refractivity contribution in [1.82, 2.24) is 5.32 Å². The summed E-state index contributed by atoms with van der Waals surface area (Å²) in [5.41, 5.74) is 2.88. The number of piperidine rings is 1. The first-order valence-corrected chi connectivity index (χ1v) is 12.1. The number of aliphatic hydroxyl groups is 1. The Kier molecular flexibility index (Phi) is 8.93. The Bertz CT molecular complexity index is 991. The lowest BCUT2D eigenvalue weighted by molar-refractivity contribution is -0.121. The number of ether oxygens (including phenoxy) is 1. The van der Waals surface area contributed by atoms with E-state index in [4.69, 9.17) is 4.74 Å². The fraction of sp³-hybridized carbons (Fsp3) is 0.481. The van der Waals surface area contributed by atoms with Crippen molar-refractivity contribution in [2.24, 2.45) is 5.92 Å². The molecule has 7 heteroatoms. The molecule has 3 rings (SSSR count). The van der Waals surface area contributed by atoms with E-state index < -0.39 is 5.97 Å². The summed E-state index contributed by atoms with van der Waals surface area (Å²) in [6, 6.07) is 12.7. The third-order valence-corrected chi connectivity index (χ3v) is 6.03. The molecule has 0 aromatic heterocycles. The lowest BCUT2D eigenvalue weighted by Crippen LogP contribution is -2.39. The number of aromatic carboxylic acids is 1. The van der Waals surface area contributed by atoms with Crippen molar-refractivity contribution in [3.63, 3.8) is 0 Å². The number of benzene rings is 2. The number of hydrogen-bond donors (Lipinski definition) is 3. The van der Waals surface area contributed by atoms with Crippen LogP contribution < -0.4 is 15.0 Å². The number of carboxylic acids is 1. The molecule has 1 saturated heterocycles. The summed E-state index contributed by atoms with van der Waals surface area (Å²) in [5.74, 6) is -0.557. The van der Waals surface area contributed by atoms with Gasteiger partial charge in [-0.15, -0.1) is 0 Å². The first-order chi connectivity index (χ1) is 16.3. The molecule has 7 nitrogen and oxygen atoms in total. The van der Waals surface area contributed by atoms with Crippen LogP contribution in [-0.4, -0.2) is 47.9 Å². The number of hydrogen-bond acceptors (Lipinski definition) is 5. The summed E-state index contributed by atoms with van der Waals surface area (Å²) in [6.45, 7) is 7.87.